The molecule has 0 radical (unpaired) electrons. The lowest BCUT2D eigenvalue weighted by Gasteiger charge is -2.20. The molecule has 1 aromatic rings. The molecular weight excluding hydrogens is 294 g/mol. The third-order valence-electron chi connectivity index (χ3n) is 3.99. The van der Waals surface area contributed by atoms with Crippen molar-refractivity contribution in [3.8, 4) is 0 Å². The monoisotopic (exact) mass is 311 g/mol. The first-order valence-electron chi connectivity index (χ1n) is 7.05. The van der Waals surface area contributed by atoms with Crippen LogP contribution in [-0.4, -0.2) is 33.0 Å². The second-order valence-electron chi connectivity index (χ2n) is 5.49. The fourth-order valence-electron chi connectivity index (χ4n) is 3.01. The number of rotatable bonds is 2. The zero-order valence-corrected chi connectivity index (χ0v) is 12.9. The number of nitrogens with zero attached hydrogens (tertiary/aromatic N) is 1. The van der Waals surface area contributed by atoms with Crippen LogP contribution in [0.4, 0.5) is 0 Å². The first kappa shape index (κ1) is 14.1. The quantitative estimate of drug-likeness (QED) is 0.840. The van der Waals surface area contributed by atoms with Crippen LogP contribution in [0, 0.1) is 0 Å². The van der Waals surface area contributed by atoms with Crippen LogP contribution >= 0.6 is 11.6 Å². The summed E-state index contributed by atoms with van der Waals surface area (Å²) < 4.78 is 24.3. The van der Waals surface area contributed by atoms with Crippen molar-refractivity contribution in [2.75, 3.05) is 19.6 Å². The van der Waals surface area contributed by atoms with E-state index < -0.39 is 9.84 Å². The van der Waals surface area contributed by atoms with Crippen LogP contribution in [-0.2, 0) is 9.84 Å². The maximum Gasteiger partial charge on any atom is 0.200 e. The summed E-state index contributed by atoms with van der Waals surface area (Å²) in [5.41, 5.74) is 1.55. The zero-order valence-electron chi connectivity index (χ0n) is 11.3. The van der Waals surface area contributed by atoms with E-state index in [1.165, 1.54) is 31.1 Å². The Kier molecular flexibility index (Phi) is 3.89. The maximum atomic E-state index is 12.2. The van der Waals surface area contributed by atoms with Gasteiger partial charge in [-0.05, 0) is 43.6 Å². The minimum Gasteiger partial charge on any atom is -0.299 e. The minimum absolute atomic E-state index is 0.356. The molecule has 0 N–H and O–H groups in total. The van der Waals surface area contributed by atoms with Crippen LogP contribution in [0.15, 0.2) is 28.5 Å². The average molecular weight is 312 g/mol. The molecule has 108 valence electrons. The number of halogens is 1. The normalized spacial score (nSPS) is 22.1. The predicted molar refractivity (Wildman–Crippen MR) is 81.5 cm³/mol. The highest BCUT2D eigenvalue weighted by atomic mass is 35.5. The molecule has 0 aromatic heterocycles. The molecule has 3 nitrogen and oxygen atoms in total. The molecule has 0 unspecified atom stereocenters. The van der Waals surface area contributed by atoms with Gasteiger partial charge in [0, 0.05) is 22.5 Å². The molecule has 2 aliphatic rings. The Morgan fingerprint density at radius 1 is 1.10 bits per heavy atom. The second-order valence-corrected chi connectivity index (χ2v) is 7.66. The third kappa shape index (κ3) is 2.65. The molecule has 2 aliphatic heterocycles. The first-order chi connectivity index (χ1) is 9.58. The summed E-state index contributed by atoms with van der Waals surface area (Å²) in [6.45, 7) is 2.75. The molecule has 20 heavy (non-hydrogen) atoms. The standard InChI is InChI=1S/C15H18ClNO2S/c16-13-6-5-7-14-15(13)12(11-20(14,18)19)10-17-8-3-1-2-4-9-17/h5-7,11H,1-4,8-10H2. The largest absolute Gasteiger partial charge is 0.299 e. The highest BCUT2D eigenvalue weighted by Gasteiger charge is 2.29. The van der Waals surface area contributed by atoms with Crippen molar-refractivity contribution >= 4 is 27.0 Å². The molecule has 1 fully saturated rings. The lowest BCUT2D eigenvalue weighted by atomic mass is 10.1. The van der Waals surface area contributed by atoms with Crippen molar-refractivity contribution in [2.45, 2.75) is 30.6 Å². The molecule has 0 saturated carbocycles. The topological polar surface area (TPSA) is 37.4 Å². The van der Waals surface area contributed by atoms with Crippen LogP contribution in [0.2, 0.25) is 5.02 Å². The Morgan fingerprint density at radius 2 is 1.80 bits per heavy atom. The van der Waals surface area contributed by atoms with Gasteiger partial charge in [-0.1, -0.05) is 30.5 Å². The Hall–Kier alpha value is -0.840. The molecule has 0 bridgehead atoms. The van der Waals surface area contributed by atoms with Gasteiger partial charge in [0.25, 0.3) is 0 Å². The number of benzene rings is 1. The van der Waals surface area contributed by atoms with Gasteiger partial charge in [0.1, 0.15) is 0 Å². The number of likely N-dealkylation sites (tertiary alicyclic amines) is 1. The van der Waals surface area contributed by atoms with E-state index in [9.17, 15) is 8.42 Å². The summed E-state index contributed by atoms with van der Waals surface area (Å²) in [7, 11) is -3.31. The molecule has 0 spiro atoms. The van der Waals surface area contributed by atoms with Gasteiger partial charge >= 0.3 is 0 Å². The molecule has 1 saturated heterocycles. The summed E-state index contributed by atoms with van der Waals surface area (Å²) in [6.07, 6.45) is 4.92. The van der Waals surface area contributed by atoms with Crippen molar-refractivity contribution < 1.29 is 8.42 Å². The van der Waals surface area contributed by atoms with Gasteiger partial charge in [0.15, 0.2) is 0 Å². The Labute approximate surface area is 125 Å². The molecule has 3 rings (SSSR count). The molecule has 1 aromatic carbocycles. The highest BCUT2D eigenvalue weighted by molar-refractivity contribution is 7.95. The van der Waals surface area contributed by atoms with Gasteiger partial charge in [0.05, 0.1) is 4.90 Å². The minimum atomic E-state index is -3.31. The molecule has 2 heterocycles. The van der Waals surface area contributed by atoms with Gasteiger partial charge < -0.3 is 0 Å². The first-order valence-corrected chi connectivity index (χ1v) is 8.97. The number of fused-ring (bicyclic) bond motifs is 1. The maximum absolute atomic E-state index is 12.2. The lowest BCUT2D eigenvalue weighted by molar-refractivity contribution is 0.320. The lowest BCUT2D eigenvalue weighted by Crippen LogP contribution is -2.26. The smallest absolute Gasteiger partial charge is 0.200 e. The summed E-state index contributed by atoms with van der Waals surface area (Å²) in [5.74, 6) is 0. The Bertz CT molecular complexity index is 644. The van der Waals surface area contributed by atoms with Crippen molar-refractivity contribution in [2.24, 2.45) is 0 Å². The third-order valence-corrected chi connectivity index (χ3v) is 5.86. The fourth-order valence-corrected chi connectivity index (χ4v) is 4.85. The summed E-state index contributed by atoms with van der Waals surface area (Å²) in [6, 6.07) is 5.10. The Balaban J connectivity index is 1.92. The number of sulfone groups is 1. The van der Waals surface area contributed by atoms with E-state index in [1.54, 1.807) is 18.2 Å². The van der Waals surface area contributed by atoms with Crippen molar-refractivity contribution in [3.05, 3.63) is 34.2 Å². The second kappa shape index (κ2) is 5.51. The van der Waals surface area contributed by atoms with Gasteiger partial charge in [0.2, 0.25) is 9.84 Å². The molecule has 0 amide bonds. The van der Waals surface area contributed by atoms with Crippen LogP contribution < -0.4 is 0 Å². The van der Waals surface area contributed by atoms with E-state index in [0.717, 1.165) is 18.7 Å². The summed E-state index contributed by atoms with van der Waals surface area (Å²) in [4.78, 5) is 2.70. The van der Waals surface area contributed by atoms with Crippen molar-refractivity contribution in [1.82, 2.24) is 4.90 Å². The van der Waals surface area contributed by atoms with E-state index in [-0.39, 0.29) is 0 Å². The Morgan fingerprint density at radius 3 is 2.50 bits per heavy atom. The van der Waals surface area contributed by atoms with Gasteiger partial charge in [-0.2, -0.15) is 0 Å². The SMILES string of the molecule is O=S1(=O)C=C(CN2CCCCCC2)c2c(Cl)cccc21. The van der Waals surface area contributed by atoms with Gasteiger partial charge in [-0.15, -0.1) is 0 Å². The van der Waals surface area contributed by atoms with Crippen LogP contribution in [0.5, 0.6) is 0 Å². The fraction of sp³-hybridized carbons (Fsp3) is 0.467. The predicted octanol–water partition coefficient (Wildman–Crippen LogP) is 3.34. The zero-order chi connectivity index (χ0) is 14.2. The van der Waals surface area contributed by atoms with Crippen LogP contribution in [0.25, 0.3) is 5.57 Å². The summed E-state index contributed by atoms with van der Waals surface area (Å²) >= 11 is 6.22. The number of hydrogen-bond acceptors (Lipinski definition) is 3. The van der Waals surface area contributed by atoms with Crippen molar-refractivity contribution in [3.63, 3.8) is 0 Å². The van der Waals surface area contributed by atoms with E-state index >= 15 is 0 Å². The summed E-state index contributed by atoms with van der Waals surface area (Å²) in [5, 5.41) is 1.93. The van der Waals surface area contributed by atoms with Crippen molar-refractivity contribution in [1.29, 1.82) is 0 Å². The molecule has 5 heteroatoms. The number of hydrogen-bond donors (Lipinski definition) is 0. The van der Waals surface area contributed by atoms with E-state index in [1.807, 2.05) is 0 Å². The van der Waals surface area contributed by atoms with E-state index in [4.69, 9.17) is 11.6 Å². The molecular formula is C15H18ClNO2S. The van der Waals surface area contributed by atoms with Crippen LogP contribution in [0.3, 0.4) is 0 Å². The highest BCUT2D eigenvalue weighted by Crippen LogP contribution is 2.38. The molecule has 0 aliphatic carbocycles. The average Bonchev–Trinajstić information content (AvgIpc) is 2.58. The van der Waals surface area contributed by atoms with Crippen LogP contribution in [0.1, 0.15) is 31.2 Å². The van der Waals surface area contributed by atoms with Gasteiger partial charge in [-0.25, -0.2) is 8.42 Å². The van der Waals surface area contributed by atoms with E-state index in [2.05, 4.69) is 4.90 Å². The van der Waals surface area contributed by atoms with Gasteiger partial charge in [-0.3, -0.25) is 4.90 Å². The van der Waals surface area contributed by atoms with E-state index in [0.29, 0.717) is 22.0 Å². The molecule has 0 atom stereocenters.